The maximum Gasteiger partial charge on any atom is 0.246 e. The number of anilines is 1. The SMILES string of the molecule is CCOc1ccc(NC(=O)[C@H]2[C@H]3C(=O)N([C@H](C)CO)C(C(=O)NCc4ccccc4)C34CC[C@]2(C)O4)cc1. The molecule has 3 amide bonds. The predicted octanol–water partition coefficient (Wildman–Crippen LogP) is 2.49. The number of aliphatic hydroxyl groups is 1. The molecular weight excluding hydrogens is 486 g/mol. The number of amides is 3. The first-order valence-electron chi connectivity index (χ1n) is 13.2. The molecule has 5 rings (SSSR count). The van der Waals surface area contributed by atoms with E-state index >= 15 is 0 Å². The first kappa shape index (κ1) is 26.2. The molecule has 2 aromatic rings. The number of hydrogen-bond acceptors (Lipinski definition) is 6. The summed E-state index contributed by atoms with van der Waals surface area (Å²) in [4.78, 5) is 42.8. The lowest BCUT2D eigenvalue weighted by Gasteiger charge is -2.35. The second-order valence-electron chi connectivity index (χ2n) is 10.7. The smallest absolute Gasteiger partial charge is 0.246 e. The number of hydrogen-bond donors (Lipinski definition) is 3. The maximum atomic E-state index is 13.9. The van der Waals surface area contributed by atoms with Crippen LogP contribution in [-0.4, -0.2) is 64.2 Å². The van der Waals surface area contributed by atoms with Gasteiger partial charge in [-0.2, -0.15) is 0 Å². The number of likely N-dealkylation sites (tertiary alicyclic amines) is 1. The van der Waals surface area contributed by atoms with Gasteiger partial charge in [0.05, 0.1) is 36.7 Å². The lowest BCUT2D eigenvalue weighted by molar-refractivity contribution is -0.148. The van der Waals surface area contributed by atoms with Crippen molar-refractivity contribution in [1.82, 2.24) is 10.2 Å². The van der Waals surface area contributed by atoms with Crippen LogP contribution in [0.4, 0.5) is 5.69 Å². The Morgan fingerprint density at radius 1 is 1.13 bits per heavy atom. The molecule has 3 N–H and O–H groups in total. The third-order valence-corrected chi connectivity index (χ3v) is 8.23. The van der Waals surface area contributed by atoms with E-state index in [9.17, 15) is 19.5 Å². The molecular formula is C29H35N3O6. The molecule has 9 heteroatoms. The molecule has 2 unspecified atom stereocenters. The minimum atomic E-state index is -1.14. The fourth-order valence-electron chi connectivity index (χ4n) is 6.53. The number of aliphatic hydroxyl groups excluding tert-OH is 1. The minimum absolute atomic E-state index is 0.297. The van der Waals surface area contributed by atoms with E-state index < -0.39 is 35.1 Å². The molecule has 0 aromatic heterocycles. The predicted molar refractivity (Wildman–Crippen MR) is 140 cm³/mol. The molecule has 38 heavy (non-hydrogen) atoms. The molecule has 3 aliphatic heterocycles. The summed E-state index contributed by atoms with van der Waals surface area (Å²) in [7, 11) is 0. The molecule has 3 heterocycles. The van der Waals surface area contributed by atoms with Gasteiger partial charge in [0.25, 0.3) is 0 Å². The van der Waals surface area contributed by atoms with Crippen molar-refractivity contribution in [2.75, 3.05) is 18.5 Å². The Labute approximate surface area is 222 Å². The van der Waals surface area contributed by atoms with Crippen molar-refractivity contribution >= 4 is 23.4 Å². The summed E-state index contributed by atoms with van der Waals surface area (Å²) in [6.07, 6.45) is 1.02. The highest BCUT2D eigenvalue weighted by Crippen LogP contribution is 2.63. The molecule has 3 aliphatic rings. The Kier molecular flexibility index (Phi) is 6.92. The molecule has 6 atom stereocenters. The van der Waals surface area contributed by atoms with Crippen LogP contribution in [0.1, 0.15) is 39.2 Å². The van der Waals surface area contributed by atoms with E-state index in [1.807, 2.05) is 44.2 Å². The molecule has 2 bridgehead atoms. The Bertz CT molecular complexity index is 1200. The van der Waals surface area contributed by atoms with Gasteiger partial charge in [-0.05, 0) is 63.4 Å². The second-order valence-corrected chi connectivity index (χ2v) is 10.7. The van der Waals surface area contributed by atoms with Gasteiger partial charge in [0, 0.05) is 12.2 Å². The number of ether oxygens (including phenoxy) is 2. The molecule has 0 saturated carbocycles. The normalized spacial score (nSPS) is 30.2. The summed E-state index contributed by atoms with van der Waals surface area (Å²) in [5.74, 6) is -1.91. The summed E-state index contributed by atoms with van der Waals surface area (Å²) in [5.41, 5.74) is -0.516. The molecule has 1 spiro atoms. The van der Waals surface area contributed by atoms with Crippen LogP contribution >= 0.6 is 0 Å². The highest BCUT2D eigenvalue weighted by molar-refractivity contribution is 6.02. The van der Waals surface area contributed by atoms with Crippen molar-refractivity contribution in [3.63, 3.8) is 0 Å². The van der Waals surface area contributed by atoms with Gasteiger partial charge in [-0.3, -0.25) is 14.4 Å². The highest BCUT2D eigenvalue weighted by atomic mass is 16.5. The number of nitrogens with zero attached hydrogens (tertiary/aromatic N) is 1. The maximum absolute atomic E-state index is 13.9. The summed E-state index contributed by atoms with van der Waals surface area (Å²) in [6.45, 7) is 5.99. The summed E-state index contributed by atoms with van der Waals surface area (Å²) in [6, 6.07) is 15.0. The molecule has 0 aliphatic carbocycles. The molecule has 9 nitrogen and oxygen atoms in total. The van der Waals surface area contributed by atoms with E-state index in [1.54, 1.807) is 31.2 Å². The molecule has 3 saturated heterocycles. The number of carbonyl (C=O) groups is 3. The first-order chi connectivity index (χ1) is 18.2. The van der Waals surface area contributed by atoms with E-state index in [4.69, 9.17) is 9.47 Å². The van der Waals surface area contributed by atoms with Crippen LogP contribution in [0.15, 0.2) is 54.6 Å². The van der Waals surface area contributed by atoms with Gasteiger partial charge in [-0.25, -0.2) is 0 Å². The highest BCUT2D eigenvalue weighted by Gasteiger charge is 2.78. The topological polar surface area (TPSA) is 117 Å². The van der Waals surface area contributed by atoms with Gasteiger partial charge in [0.15, 0.2) is 0 Å². The number of fused-ring (bicyclic) bond motifs is 1. The minimum Gasteiger partial charge on any atom is -0.494 e. The average Bonchev–Trinajstić information content (AvgIpc) is 3.49. The fraction of sp³-hybridized carbons (Fsp3) is 0.483. The van der Waals surface area contributed by atoms with E-state index in [2.05, 4.69) is 10.6 Å². The van der Waals surface area contributed by atoms with Gasteiger partial charge in [0.2, 0.25) is 17.7 Å². The van der Waals surface area contributed by atoms with Crippen LogP contribution in [0.25, 0.3) is 0 Å². The fourth-order valence-corrected chi connectivity index (χ4v) is 6.53. The van der Waals surface area contributed by atoms with E-state index in [0.29, 0.717) is 37.4 Å². The van der Waals surface area contributed by atoms with Crippen molar-refractivity contribution in [2.24, 2.45) is 11.8 Å². The average molecular weight is 522 g/mol. The summed E-state index contributed by atoms with van der Waals surface area (Å²) in [5, 5.41) is 15.9. The van der Waals surface area contributed by atoms with Crippen LogP contribution in [0.5, 0.6) is 5.75 Å². The zero-order valence-electron chi connectivity index (χ0n) is 22.0. The van der Waals surface area contributed by atoms with Crippen molar-refractivity contribution in [3.05, 3.63) is 60.2 Å². The number of benzene rings is 2. The van der Waals surface area contributed by atoms with Crippen LogP contribution in [0.2, 0.25) is 0 Å². The number of rotatable bonds is 9. The van der Waals surface area contributed by atoms with Crippen LogP contribution < -0.4 is 15.4 Å². The van der Waals surface area contributed by atoms with Crippen LogP contribution in [0, 0.1) is 11.8 Å². The Morgan fingerprint density at radius 3 is 2.50 bits per heavy atom. The Morgan fingerprint density at radius 2 is 1.84 bits per heavy atom. The van der Waals surface area contributed by atoms with E-state index in [1.165, 1.54) is 4.90 Å². The van der Waals surface area contributed by atoms with Crippen LogP contribution in [0.3, 0.4) is 0 Å². The van der Waals surface area contributed by atoms with Gasteiger partial charge in [0.1, 0.15) is 17.4 Å². The Hall–Kier alpha value is -3.43. The molecule has 202 valence electrons. The van der Waals surface area contributed by atoms with E-state index in [-0.39, 0.29) is 24.3 Å². The number of nitrogens with one attached hydrogen (secondary N) is 2. The van der Waals surface area contributed by atoms with Crippen molar-refractivity contribution in [2.45, 2.75) is 63.4 Å². The van der Waals surface area contributed by atoms with Gasteiger partial charge in [-0.15, -0.1) is 0 Å². The quantitative estimate of drug-likeness (QED) is 0.467. The van der Waals surface area contributed by atoms with Gasteiger partial charge >= 0.3 is 0 Å². The first-order valence-corrected chi connectivity index (χ1v) is 13.2. The van der Waals surface area contributed by atoms with Crippen molar-refractivity contribution in [1.29, 1.82) is 0 Å². The zero-order chi connectivity index (χ0) is 27.1. The third-order valence-electron chi connectivity index (χ3n) is 8.23. The van der Waals surface area contributed by atoms with Gasteiger partial charge < -0.3 is 30.1 Å². The van der Waals surface area contributed by atoms with Crippen molar-refractivity contribution in [3.8, 4) is 5.75 Å². The zero-order valence-corrected chi connectivity index (χ0v) is 22.0. The van der Waals surface area contributed by atoms with Crippen molar-refractivity contribution < 1.29 is 29.0 Å². The summed E-state index contributed by atoms with van der Waals surface area (Å²) < 4.78 is 12.1. The lowest BCUT2D eigenvalue weighted by atomic mass is 9.66. The second kappa shape index (κ2) is 10.0. The Balaban J connectivity index is 1.43. The largest absolute Gasteiger partial charge is 0.494 e. The number of carbonyl (C=O) groups excluding carboxylic acids is 3. The molecule has 3 fully saturated rings. The monoisotopic (exact) mass is 521 g/mol. The van der Waals surface area contributed by atoms with Gasteiger partial charge in [-0.1, -0.05) is 30.3 Å². The molecule has 2 aromatic carbocycles. The lowest BCUT2D eigenvalue weighted by Crippen LogP contribution is -2.57. The standard InChI is InChI=1S/C29H35N3O6/c1-4-37-21-12-10-20(11-13-21)31-25(34)22-23-27(36)32(18(2)17-33)24(29(23)15-14-28(22,3)38-29)26(35)30-16-19-8-6-5-7-9-19/h5-13,18,22-24,33H,4,14-17H2,1-3H3,(H,30,35)(H,31,34)/t18-,22-,23+,24?,28+,29?/m1/s1. The third kappa shape index (κ3) is 4.23. The van der Waals surface area contributed by atoms with E-state index in [0.717, 1.165) is 5.56 Å². The molecule has 0 radical (unpaired) electrons. The van der Waals surface area contributed by atoms with Crippen LogP contribution in [-0.2, 0) is 25.7 Å². The summed E-state index contributed by atoms with van der Waals surface area (Å²) >= 11 is 0.